The van der Waals surface area contributed by atoms with Gasteiger partial charge in [-0.15, -0.1) is 13.2 Å². The molecule has 0 bridgehead atoms. The minimum Gasteiger partial charge on any atom is -0.392 e. The molecular weight excluding hydrogens is 280 g/mol. The van der Waals surface area contributed by atoms with Crippen LogP contribution < -0.4 is 5.73 Å². The van der Waals surface area contributed by atoms with Crippen LogP contribution in [0.3, 0.4) is 0 Å². The first-order chi connectivity index (χ1) is 10.1. The molecule has 1 atom stereocenters. The molecule has 2 aromatic heterocycles. The molecule has 2 N–H and O–H groups in total. The molecule has 0 aromatic carbocycles. The summed E-state index contributed by atoms with van der Waals surface area (Å²) in [7, 11) is 0. The number of fused-ring (bicyclic) bond motifs is 1. The summed E-state index contributed by atoms with van der Waals surface area (Å²) in [6, 6.07) is 5.71. The molecule has 0 saturated heterocycles. The smallest absolute Gasteiger partial charge is 0.137 e. The van der Waals surface area contributed by atoms with Crippen molar-refractivity contribution in [2.75, 3.05) is 13.1 Å². The van der Waals surface area contributed by atoms with Crippen LogP contribution in [-0.2, 0) is 0 Å². The molecule has 110 valence electrons. The molecule has 2 aromatic rings. The van der Waals surface area contributed by atoms with Crippen LogP contribution in [0.25, 0.3) is 5.65 Å². The highest BCUT2D eigenvalue weighted by molar-refractivity contribution is 7.80. The molecule has 5 heteroatoms. The number of imidazole rings is 1. The Morgan fingerprint density at radius 3 is 2.67 bits per heavy atom. The van der Waals surface area contributed by atoms with E-state index in [9.17, 15) is 0 Å². The van der Waals surface area contributed by atoms with E-state index in [1.54, 1.807) is 0 Å². The summed E-state index contributed by atoms with van der Waals surface area (Å²) in [5.74, 6) is 0. The third-order valence-electron chi connectivity index (χ3n) is 3.37. The van der Waals surface area contributed by atoms with Gasteiger partial charge in [0.15, 0.2) is 0 Å². The number of nitrogens with zero attached hydrogens (tertiary/aromatic N) is 3. The molecular formula is C16H20N4S. The van der Waals surface area contributed by atoms with E-state index >= 15 is 0 Å². The Hall–Kier alpha value is -1.98. The van der Waals surface area contributed by atoms with Crippen molar-refractivity contribution in [3.8, 4) is 0 Å². The molecule has 0 radical (unpaired) electrons. The van der Waals surface area contributed by atoms with E-state index < -0.39 is 0 Å². The quantitative estimate of drug-likeness (QED) is 0.631. The van der Waals surface area contributed by atoms with Gasteiger partial charge in [-0.25, -0.2) is 4.98 Å². The summed E-state index contributed by atoms with van der Waals surface area (Å²) in [6.45, 7) is 10.9. The van der Waals surface area contributed by atoms with Gasteiger partial charge < -0.3 is 10.1 Å². The number of rotatable bonds is 7. The Morgan fingerprint density at radius 2 is 2.10 bits per heavy atom. The van der Waals surface area contributed by atoms with Crippen molar-refractivity contribution in [3.05, 3.63) is 61.1 Å². The van der Waals surface area contributed by atoms with Crippen LogP contribution >= 0.6 is 12.2 Å². The predicted octanol–water partition coefficient (Wildman–Crippen LogP) is 2.64. The molecule has 1 unspecified atom stereocenters. The number of pyridine rings is 1. The van der Waals surface area contributed by atoms with Crippen molar-refractivity contribution in [3.63, 3.8) is 0 Å². The van der Waals surface area contributed by atoms with Gasteiger partial charge in [-0.1, -0.05) is 30.4 Å². The molecule has 2 heterocycles. The summed E-state index contributed by atoms with van der Waals surface area (Å²) in [4.78, 5) is 7.14. The van der Waals surface area contributed by atoms with Gasteiger partial charge >= 0.3 is 0 Å². The molecule has 21 heavy (non-hydrogen) atoms. The monoisotopic (exact) mass is 300 g/mol. The lowest BCUT2D eigenvalue weighted by atomic mass is 10.1. The molecule has 0 aliphatic heterocycles. The molecule has 0 aliphatic carbocycles. The molecule has 0 fully saturated rings. The van der Waals surface area contributed by atoms with Crippen LogP contribution in [0.5, 0.6) is 0 Å². The van der Waals surface area contributed by atoms with Gasteiger partial charge in [0.05, 0.1) is 16.4 Å². The Bertz CT molecular complexity index is 664. The van der Waals surface area contributed by atoms with E-state index in [1.165, 1.54) is 0 Å². The van der Waals surface area contributed by atoms with E-state index in [4.69, 9.17) is 18.0 Å². The fourth-order valence-corrected chi connectivity index (χ4v) is 2.83. The van der Waals surface area contributed by atoms with E-state index in [0.717, 1.165) is 17.0 Å². The van der Waals surface area contributed by atoms with Crippen LogP contribution in [0.4, 0.5) is 0 Å². The number of hydrogen-bond acceptors (Lipinski definition) is 3. The minimum atomic E-state index is -0.201. The van der Waals surface area contributed by atoms with Crippen LogP contribution in [0.15, 0.2) is 49.7 Å². The average molecular weight is 300 g/mol. The van der Waals surface area contributed by atoms with Gasteiger partial charge in [-0.05, 0) is 19.1 Å². The second-order valence-corrected chi connectivity index (χ2v) is 5.32. The van der Waals surface area contributed by atoms with Crippen molar-refractivity contribution >= 4 is 22.9 Å². The van der Waals surface area contributed by atoms with Crippen LogP contribution in [0.1, 0.15) is 17.4 Å². The zero-order valence-electron chi connectivity index (χ0n) is 12.2. The van der Waals surface area contributed by atoms with Gasteiger partial charge in [0.2, 0.25) is 0 Å². The second-order valence-electron chi connectivity index (χ2n) is 4.85. The van der Waals surface area contributed by atoms with Crippen LogP contribution in [0, 0.1) is 6.92 Å². The van der Waals surface area contributed by atoms with Gasteiger partial charge in [0.25, 0.3) is 0 Å². The first kappa shape index (κ1) is 15.4. The molecule has 0 aliphatic rings. The van der Waals surface area contributed by atoms with Gasteiger partial charge in [-0.3, -0.25) is 4.90 Å². The molecule has 0 spiro atoms. The first-order valence-corrected chi connectivity index (χ1v) is 7.19. The maximum absolute atomic E-state index is 6.03. The Kier molecular flexibility index (Phi) is 4.88. The van der Waals surface area contributed by atoms with Crippen molar-refractivity contribution in [1.82, 2.24) is 14.3 Å². The minimum absolute atomic E-state index is 0.201. The second kappa shape index (κ2) is 6.65. The van der Waals surface area contributed by atoms with Gasteiger partial charge in [-0.2, -0.15) is 0 Å². The van der Waals surface area contributed by atoms with Crippen molar-refractivity contribution in [2.24, 2.45) is 5.73 Å². The summed E-state index contributed by atoms with van der Waals surface area (Å²) < 4.78 is 2.04. The Balaban J connectivity index is 2.59. The number of nitrogens with two attached hydrogens (primary N) is 1. The third kappa shape index (κ3) is 3.04. The van der Waals surface area contributed by atoms with E-state index in [-0.39, 0.29) is 6.04 Å². The normalized spacial score (nSPS) is 12.5. The van der Waals surface area contributed by atoms with E-state index in [0.29, 0.717) is 18.1 Å². The largest absolute Gasteiger partial charge is 0.392 e. The molecule has 2 rings (SSSR count). The lowest BCUT2D eigenvalue weighted by Gasteiger charge is -2.29. The molecule has 4 nitrogen and oxygen atoms in total. The van der Waals surface area contributed by atoms with Crippen molar-refractivity contribution in [2.45, 2.75) is 13.0 Å². The third-order valence-corrected chi connectivity index (χ3v) is 3.59. The predicted molar refractivity (Wildman–Crippen MR) is 91.4 cm³/mol. The highest BCUT2D eigenvalue weighted by atomic mass is 32.1. The molecule has 0 amide bonds. The fourth-order valence-electron chi connectivity index (χ4n) is 2.57. The number of aryl methyl sites for hydroxylation is 1. The summed E-state index contributed by atoms with van der Waals surface area (Å²) in [6.07, 6.45) is 5.66. The van der Waals surface area contributed by atoms with Gasteiger partial charge in [0.1, 0.15) is 11.7 Å². The maximum Gasteiger partial charge on any atom is 0.137 e. The van der Waals surface area contributed by atoms with Crippen molar-refractivity contribution < 1.29 is 0 Å². The topological polar surface area (TPSA) is 46.6 Å². The molecule has 0 saturated carbocycles. The highest BCUT2D eigenvalue weighted by Gasteiger charge is 2.26. The fraction of sp³-hybridized carbons (Fsp3) is 0.250. The SMILES string of the molecule is C=CCN(CC=C)C(C(N)=S)c1c(C)nc2ccccn12. The maximum atomic E-state index is 6.03. The van der Waals surface area contributed by atoms with Crippen molar-refractivity contribution in [1.29, 1.82) is 0 Å². The highest BCUT2D eigenvalue weighted by Crippen LogP contribution is 2.25. The zero-order chi connectivity index (χ0) is 15.4. The number of thiocarbonyl (C=S) groups is 1. The Labute approximate surface area is 130 Å². The first-order valence-electron chi connectivity index (χ1n) is 6.79. The van der Waals surface area contributed by atoms with Gasteiger partial charge in [0, 0.05) is 19.3 Å². The van der Waals surface area contributed by atoms with E-state index in [2.05, 4.69) is 23.0 Å². The summed E-state index contributed by atoms with van der Waals surface area (Å²) in [5.41, 5.74) is 8.85. The summed E-state index contributed by atoms with van der Waals surface area (Å²) >= 11 is 5.32. The van der Waals surface area contributed by atoms with Crippen LogP contribution in [0.2, 0.25) is 0 Å². The average Bonchev–Trinajstić information content (AvgIpc) is 2.76. The summed E-state index contributed by atoms with van der Waals surface area (Å²) in [5, 5.41) is 0. The zero-order valence-corrected chi connectivity index (χ0v) is 13.0. The van der Waals surface area contributed by atoms with Crippen LogP contribution in [-0.4, -0.2) is 32.4 Å². The lowest BCUT2D eigenvalue weighted by molar-refractivity contribution is 0.295. The lowest BCUT2D eigenvalue weighted by Crippen LogP contribution is -2.38. The standard InChI is InChI=1S/C16H20N4S/c1-4-9-19(10-5-2)15(16(17)21)14-12(3)18-13-8-6-7-11-20(13)14/h4-8,11,15H,1-2,9-10H2,3H3,(H2,17,21). The Morgan fingerprint density at radius 1 is 1.43 bits per heavy atom. The number of hydrogen-bond donors (Lipinski definition) is 1. The van der Waals surface area contributed by atoms with E-state index in [1.807, 2.05) is 47.9 Å². The number of aromatic nitrogens is 2.